The van der Waals surface area contributed by atoms with Crippen LogP contribution in [0.3, 0.4) is 0 Å². The minimum Gasteiger partial charge on any atom is -0.509 e. The molecule has 0 spiro atoms. The van der Waals surface area contributed by atoms with Crippen molar-refractivity contribution in [3.8, 4) is 22.9 Å². The third-order valence-corrected chi connectivity index (χ3v) is 7.65. The number of hydrogen-bond donors (Lipinski definition) is 0. The van der Waals surface area contributed by atoms with Gasteiger partial charge in [0.05, 0.1) is 11.4 Å². The van der Waals surface area contributed by atoms with Gasteiger partial charge in [-0.3, -0.25) is 8.80 Å². The van der Waals surface area contributed by atoms with Crippen LogP contribution in [0.5, 0.6) is 11.5 Å². The molecule has 38 heavy (non-hydrogen) atoms. The van der Waals surface area contributed by atoms with Gasteiger partial charge in [-0.25, -0.2) is 9.97 Å². The molecule has 2 aromatic carbocycles. The summed E-state index contributed by atoms with van der Waals surface area (Å²) in [6, 6.07) is 18.8. The van der Waals surface area contributed by atoms with Gasteiger partial charge in [0, 0.05) is 45.7 Å². The molecular weight excluding hydrogens is 655 g/mol. The summed E-state index contributed by atoms with van der Waals surface area (Å²) >= 11 is 0. The Kier molecular flexibility index (Phi) is 6.39. The molecule has 6 aromatic rings. The number of aryl methyl sites for hydroxylation is 6. The quantitative estimate of drug-likeness (QED) is 0.202. The van der Waals surface area contributed by atoms with Gasteiger partial charge in [0.25, 0.3) is 0 Å². The number of rotatable bonds is 4. The molecule has 0 unspecified atom stereocenters. The molecule has 0 saturated carbocycles. The van der Waals surface area contributed by atoms with Gasteiger partial charge in [0.15, 0.2) is 0 Å². The van der Waals surface area contributed by atoms with Crippen LogP contribution in [0.25, 0.3) is 22.9 Å². The monoisotopic (exact) mass is 685 g/mol. The minimum absolute atomic E-state index is 0. The Morgan fingerprint density at radius 3 is 1.34 bits per heavy atom. The van der Waals surface area contributed by atoms with Crippen LogP contribution in [0.1, 0.15) is 45.6 Å². The molecule has 0 fully saturated rings. The van der Waals surface area contributed by atoms with Crippen molar-refractivity contribution in [1.29, 1.82) is 0 Å². The van der Waals surface area contributed by atoms with E-state index in [1.165, 1.54) is 11.4 Å². The Bertz CT molecular complexity index is 1710. The van der Waals surface area contributed by atoms with Gasteiger partial charge in [-0.1, -0.05) is 11.4 Å². The Balaban J connectivity index is 0.00000294. The molecule has 7 nitrogen and oxygen atoms in total. The predicted molar refractivity (Wildman–Crippen MR) is 145 cm³/mol. The molecule has 6 rings (SSSR count). The van der Waals surface area contributed by atoms with Crippen LogP contribution in [-0.2, 0) is 21.1 Å². The van der Waals surface area contributed by atoms with Gasteiger partial charge in [-0.05, 0) is 55.4 Å². The number of hydrogen-bond acceptors (Lipinski definition) is 3. The first-order chi connectivity index (χ1) is 17.7. The fourth-order valence-corrected chi connectivity index (χ4v) is 5.18. The van der Waals surface area contributed by atoms with Crippen molar-refractivity contribution in [2.75, 3.05) is 0 Å². The zero-order chi connectivity index (χ0) is 26.2. The Labute approximate surface area is 237 Å². The molecule has 196 valence electrons. The summed E-state index contributed by atoms with van der Waals surface area (Å²) in [5.41, 5.74) is 10.7. The smallest absolute Gasteiger partial charge is 0.509 e. The van der Waals surface area contributed by atoms with Gasteiger partial charge in [-0.15, -0.1) is 36.4 Å². The second-order valence-corrected chi connectivity index (χ2v) is 9.75. The topological polar surface area (TPSA) is 53.7 Å². The number of ether oxygens (including phenoxy) is 1. The van der Waals surface area contributed by atoms with Crippen molar-refractivity contribution in [2.24, 2.45) is 0 Å². The maximum absolute atomic E-state index is 6.29. The summed E-state index contributed by atoms with van der Waals surface area (Å²) in [6.45, 7) is 16.8. The predicted octanol–water partition coefficient (Wildman–Crippen LogP) is 6.42. The molecule has 8 heteroatoms. The molecule has 0 saturated heterocycles. The van der Waals surface area contributed by atoms with E-state index in [1.54, 1.807) is 0 Å². The zero-order valence-corrected chi connectivity index (χ0v) is 25.1. The molecule has 0 amide bonds. The number of nitrogens with zero attached hydrogens (tertiary/aromatic N) is 6. The van der Waals surface area contributed by atoms with Crippen LogP contribution >= 0.6 is 0 Å². The summed E-state index contributed by atoms with van der Waals surface area (Å²) < 4.78 is 14.9. The van der Waals surface area contributed by atoms with Crippen molar-refractivity contribution < 1.29 is 25.8 Å². The maximum Gasteiger partial charge on any atom is 2.00 e. The van der Waals surface area contributed by atoms with E-state index in [1.807, 2.05) is 50.2 Å². The number of imidazole rings is 4. The van der Waals surface area contributed by atoms with E-state index in [-0.39, 0.29) is 21.1 Å². The Morgan fingerprint density at radius 1 is 0.553 bits per heavy atom. The van der Waals surface area contributed by atoms with Gasteiger partial charge < -0.3 is 13.9 Å². The molecule has 4 heterocycles. The summed E-state index contributed by atoms with van der Waals surface area (Å²) in [5.74, 6) is 3.01. The van der Waals surface area contributed by atoms with Crippen molar-refractivity contribution in [3.63, 3.8) is 0 Å². The third-order valence-electron chi connectivity index (χ3n) is 7.65. The number of aromatic nitrogens is 6. The molecule has 0 N–H and O–H groups in total. The average Bonchev–Trinajstić information content (AvgIpc) is 3.49. The third kappa shape index (κ3) is 3.75. The van der Waals surface area contributed by atoms with Crippen LogP contribution in [0, 0.1) is 67.5 Å². The van der Waals surface area contributed by atoms with Crippen molar-refractivity contribution >= 4 is 11.6 Å². The summed E-state index contributed by atoms with van der Waals surface area (Å²) in [4.78, 5) is 9.64. The summed E-state index contributed by atoms with van der Waals surface area (Å²) in [6.07, 6.45) is 0. The molecule has 0 aliphatic carbocycles. The second kappa shape index (κ2) is 9.32. The van der Waals surface area contributed by atoms with E-state index >= 15 is 0 Å². The first kappa shape index (κ1) is 26.1. The van der Waals surface area contributed by atoms with Crippen LogP contribution in [0.15, 0.2) is 36.4 Å². The number of fused-ring (bicyclic) bond motifs is 2. The van der Waals surface area contributed by atoms with E-state index in [9.17, 15) is 0 Å². The summed E-state index contributed by atoms with van der Waals surface area (Å²) in [5, 5.41) is 0. The molecule has 0 aliphatic rings. The standard InChI is InChI=1S/C30H30N6O.Pt/c1-17-19(3)33-21(5)23(7)35(29(33)31-17)25-11-9-13-27(15-25)37-28-14-10-12-26(16-28)36-24(8)22(6)34-20(4)18(2)32-30(34)36;/h9-14H,1-8H3;/q-2;+2. The minimum atomic E-state index is 0. The van der Waals surface area contributed by atoms with Crippen LogP contribution in [0.4, 0.5) is 0 Å². The van der Waals surface area contributed by atoms with Crippen molar-refractivity contribution in [3.05, 3.63) is 94.1 Å². The number of benzene rings is 2. The van der Waals surface area contributed by atoms with E-state index in [4.69, 9.17) is 14.7 Å². The van der Waals surface area contributed by atoms with Crippen LogP contribution in [-0.4, -0.2) is 27.9 Å². The van der Waals surface area contributed by atoms with E-state index < -0.39 is 0 Å². The van der Waals surface area contributed by atoms with Gasteiger partial charge >= 0.3 is 21.1 Å². The second-order valence-electron chi connectivity index (χ2n) is 9.75. The first-order valence-corrected chi connectivity index (χ1v) is 12.5. The molecule has 0 atom stereocenters. The Morgan fingerprint density at radius 2 is 0.947 bits per heavy atom. The van der Waals surface area contributed by atoms with Gasteiger partial charge in [0.2, 0.25) is 11.6 Å². The van der Waals surface area contributed by atoms with E-state index in [2.05, 4.69) is 71.6 Å². The first-order valence-electron chi connectivity index (χ1n) is 12.5. The zero-order valence-electron chi connectivity index (χ0n) is 22.9. The van der Waals surface area contributed by atoms with Gasteiger partial charge in [0.1, 0.15) is 0 Å². The summed E-state index contributed by atoms with van der Waals surface area (Å²) in [7, 11) is 0. The van der Waals surface area contributed by atoms with Crippen molar-refractivity contribution in [2.45, 2.75) is 55.4 Å². The van der Waals surface area contributed by atoms with Gasteiger partial charge in [-0.2, -0.15) is 12.1 Å². The largest absolute Gasteiger partial charge is 2.00 e. The average molecular weight is 686 g/mol. The van der Waals surface area contributed by atoms with E-state index in [0.717, 1.165) is 57.1 Å². The fraction of sp³-hybridized carbons (Fsp3) is 0.267. The van der Waals surface area contributed by atoms with Crippen LogP contribution in [0.2, 0.25) is 0 Å². The maximum atomic E-state index is 6.29. The fourth-order valence-electron chi connectivity index (χ4n) is 5.18. The molecule has 4 aromatic heterocycles. The molecule has 0 radical (unpaired) electrons. The molecule has 0 aliphatic heterocycles. The SMILES string of the molecule is Cc1nc2n(-c3[c-]c(Oc4[c-]c(-n5c(C)c(C)n6c(C)c(C)nc56)ccc4)ccc3)c(C)c(C)n2c1C.[Pt+2]. The normalized spacial score (nSPS) is 11.5. The Hall–Kier alpha value is -3.57. The molecular formula is C30H30N6OPt. The van der Waals surface area contributed by atoms with Crippen LogP contribution < -0.4 is 4.74 Å². The molecule has 0 bridgehead atoms. The van der Waals surface area contributed by atoms with Crippen molar-refractivity contribution in [1.82, 2.24) is 27.9 Å². The van der Waals surface area contributed by atoms with E-state index in [0.29, 0.717) is 11.5 Å².